The molecule has 5 heterocycles. The largest absolute Gasteiger partial charge is 1.00 e. The summed E-state index contributed by atoms with van der Waals surface area (Å²) in [7, 11) is 1.52. The van der Waals surface area contributed by atoms with E-state index in [0.717, 1.165) is 25.9 Å². The molecule has 2 aromatic heterocycles. The molecule has 2 N–H and O–H groups in total. The number of ether oxygens (including phenoxy) is 3. The second-order valence-corrected chi connectivity index (χ2v) is 10.4. The number of methoxy groups -OCH3 is 1. The lowest BCUT2D eigenvalue weighted by Gasteiger charge is -2.51. The molecule has 0 saturated carbocycles. The van der Waals surface area contributed by atoms with Crippen LogP contribution >= 0.6 is 0 Å². The number of benzene rings is 1. The third-order valence-electron chi connectivity index (χ3n) is 7.72. The van der Waals surface area contributed by atoms with Crippen LogP contribution in [0.15, 0.2) is 59.4 Å². The van der Waals surface area contributed by atoms with E-state index >= 15 is 0 Å². The predicted octanol–water partition coefficient (Wildman–Crippen LogP) is 0.203. The number of amides is 1. The Bertz CT molecular complexity index is 1360. The number of quaternary nitrogens is 1. The summed E-state index contributed by atoms with van der Waals surface area (Å²) in [4.78, 5) is 43.1. The van der Waals surface area contributed by atoms with Crippen LogP contribution in [0.4, 0.5) is 11.5 Å². The predicted molar refractivity (Wildman–Crippen MR) is 147 cm³/mol. The van der Waals surface area contributed by atoms with Gasteiger partial charge < -0.3 is 46.3 Å². The fourth-order valence-electron chi connectivity index (χ4n) is 5.64. The van der Waals surface area contributed by atoms with E-state index in [1.165, 1.54) is 13.4 Å². The van der Waals surface area contributed by atoms with Crippen molar-refractivity contribution in [1.29, 1.82) is 0 Å². The summed E-state index contributed by atoms with van der Waals surface area (Å²) in [6.07, 6.45) is 4.34. The standard InChI is InChI=1S/C29H33N5O7.ClH/c1-3-39-28(36)20-5-4-6-22(15-20)31-27(21-7-8-26(38-2)30-16-21)29(37)41-23-17-34(12-9-19(23)10-13-34)18-25(35)32-24-11-14-40-33-24;/h4-8,11,14-16,19,23,27,31H,3,9-10,12-13,17-18H2,1-2H3;1H/t19?,23-,27?,34?;/m0./s1. The molecule has 0 radical (unpaired) electrons. The van der Waals surface area contributed by atoms with Crippen molar-refractivity contribution in [1.82, 2.24) is 10.1 Å². The lowest BCUT2D eigenvalue weighted by atomic mass is 9.83. The first-order valence-corrected chi connectivity index (χ1v) is 13.7. The van der Waals surface area contributed by atoms with E-state index in [2.05, 4.69) is 20.8 Å². The zero-order chi connectivity index (χ0) is 28.8. The molecule has 42 heavy (non-hydrogen) atoms. The molecule has 3 saturated heterocycles. The molecule has 13 heteroatoms. The molecule has 6 rings (SSSR count). The van der Waals surface area contributed by atoms with Crippen molar-refractivity contribution >= 4 is 29.4 Å². The number of piperidine rings is 3. The molecule has 3 aliphatic heterocycles. The van der Waals surface area contributed by atoms with Crippen LogP contribution in [0, 0.1) is 5.92 Å². The highest BCUT2D eigenvalue weighted by molar-refractivity contribution is 5.91. The molecule has 1 unspecified atom stereocenters. The minimum Gasteiger partial charge on any atom is -1.00 e. The molecule has 1 amide bonds. The van der Waals surface area contributed by atoms with Crippen molar-refractivity contribution < 1.29 is 50.0 Å². The average molecular weight is 600 g/mol. The molecule has 0 spiro atoms. The zero-order valence-electron chi connectivity index (χ0n) is 23.5. The Labute approximate surface area is 249 Å². The summed E-state index contributed by atoms with van der Waals surface area (Å²) >= 11 is 0. The van der Waals surface area contributed by atoms with E-state index in [1.807, 2.05) is 0 Å². The molecule has 3 aliphatic rings. The average Bonchev–Trinajstić information content (AvgIpc) is 3.49. The number of esters is 2. The Hall–Kier alpha value is -4.16. The van der Waals surface area contributed by atoms with E-state index in [9.17, 15) is 14.4 Å². The molecule has 12 nitrogen and oxygen atoms in total. The van der Waals surface area contributed by atoms with Gasteiger partial charge in [-0.3, -0.25) is 4.79 Å². The number of nitrogens with one attached hydrogen (secondary N) is 2. The van der Waals surface area contributed by atoms with Gasteiger partial charge in [0.25, 0.3) is 5.91 Å². The summed E-state index contributed by atoms with van der Waals surface area (Å²) in [5, 5.41) is 9.74. The zero-order valence-corrected chi connectivity index (χ0v) is 24.2. The third kappa shape index (κ3) is 7.18. The van der Waals surface area contributed by atoms with Crippen molar-refractivity contribution in [2.45, 2.75) is 31.9 Å². The van der Waals surface area contributed by atoms with Gasteiger partial charge in [-0.25, -0.2) is 14.6 Å². The third-order valence-corrected chi connectivity index (χ3v) is 7.72. The fourth-order valence-corrected chi connectivity index (χ4v) is 5.64. The van der Waals surface area contributed by atoms with E-state index in [1.54, 1.807) is 55.6 Å². The Morgan fingerprint density at radius 1 is 1.14 bits per heavy atom. The van der Waals surface area contributed by atoms with Crippen LogP contribution in [0.1, 0.15) is 41.7 Å². The quantitative estimate of drug-likeness (QED) is 0.232. The Morgan fingerprint density at radius 3 is 2.62 bits per heavy atom. The van der Waals surface area contributed by atoms with Gasteiger partial charge in [0.1, 0.15) is 12.8 Å². The van der Waals surface area contributed by atoms with Gasteiger partial charge in [-0.2, -0.15) is 0 Å². The lowest BCUT2D eigenvalue weighted by molar-refractivity contribution is -0.938. The molecular formula is C29H34ClN5O7. The first kappa shape index (κ1) is 30.8. The number of nitrogens with zero attached hydrogens (tertiary/aromatic N) is 3. The Kier molecular flexibility index (Phi) is 10.0. The minimum absolute atomic E-state index is 0. The van der Waals surface area contributed by atoms with Crippen molar-refractivity contribution in [3.8, 4) is 5.88 Å². The number of fused-ring (bicyclic) bond motifs is 3. The van der Waals surface area contributed by atoms with Gasteiger partial charge in [0, 0.05) is 48.3 Å². The van der Waals surface area contributed by atoms with Crippen LogP contribution in [-0.2, 0) is 19.1 Å². The highest BCUT2D eigenvalue weighted by atomic mass is 35.5. The summed E-state index contributed by atoms with van der Waals surface area (Å²) in [5.74, 6) is -0.0678. The smallest absolute Gasteiger partial charge is 0.338 e. The molecular weight excluding hydrogens is 566 g/mol. The number of pyridine rings is 1. The number of hydrogen-bond donors (Lipinski definition) is 2. The molecule has 2 bridgehead atoms. The summed E-state index contributed by atoms with van der Waals surface area (Å²) < 4.78 is 21.8. The molecule has 2 atom stereocenters. The van der Waals surface area contributed by atoms with E-state index in [4.69, 9.17) is 18.7 Å². The van der Waals surface area contributed by atoms with Crippen molar-refractivity contribution in [3.05, 3.63) is 66.1 Å². The van der Waals surface area contributed by atoms with Crippen LogP contribution in [-0.4, -0.2) is 78.5 Å². The van der Waals surface area contributed by atoms with Gasteiger partial charge in [0.2, 0.25) is 5.88 Å². The van der Waals surface area contributed by atoms with Crippen LogP contribution in [0.3, 0.4) is 0 Å². The van der Waals surface area contributed by atoms with Crippen LogP contribution in [0.25, 0.3) is 0 Å². The van der Waals surface area contributed by atoms with Crippen LogP contribution in [0.2, 0.25) is 0 Å². The maximum absolute atomic E-state index is 13.8. The SMILES string of the molecule is CCOC(=O)c1cccc(NC(C(=O)O[C@H]2C[N+]3(CC(=O)Nc4ccon4)CCC2CC3)c2ccc(OC)nc2)c1.[Cl-]. The number of hydrogen-bond acceptors (Lipinski definition) is 10. The number of carbonyl (C=O) groups excluding carboxylic acids is 3. The first-order chi connectivity index (χ1) is 19.9. The highest BCUT2D eigenvalue weighted by Crippen LogP contribution is 2.36. The van der Waals surface area contributed by atoms with Crippen LogP contribution in [0.5, 0.6) is 5.88 Å². The summed E-state index contributed by atoms with van der Waals surface area (Å²) in [6, 6.07) is 10.9. The van der Waals surface area contributed by atoms with Gasteiger partial charge in [-0.1, -0.05) is 11.2 Å². The summed E-state index contributed by atoms with van der Waals surface area (Å²) in [6.45, 7) is 4.50. The molecule has 0 aliphatic carbocycles. The maximum atomic E-state index is 13.8. The van der Waals surface area contributed by atoms with Crippen molar-refractivity contribution in [3.63, 3.8) is 0 Å². The molecule has 3 aromatic rings. The number of carbonyl (C=O) groups is 3. The highest BCUT2D eigenvalue weighted by Gasteiger charge is 2.49. The topological polar surface area (TPSA) is 142 Å². The van der Waals surface area contributed by atoms with Gasteiger partial charge in [-0.15, -0.1) is 0 Å². The van der Waals surface area contributed by atoms with E-state index in [0.29, 0.717) is 39.5 Å². The first-order valence-electron chi connectivity index (χ1n) is 13.7. The Balaban J connectivity index is 0.00000405. The number of aromatic nitrogens is 2. The number of halogens is 1. The minimum atomic E-state index is -0.898. The van der Waals surface area contributed by atoms with Gasteiger partial charge in [0.05, 0.1) is 32.4 Å². The normalized spacial score (nSPS) is 21.4. The number of rotatable bonds is 11. The summed E-state index contributed by atoms with van der Waals surface area (Å²) in [5.41, 5.74) is 1.49. The van der Waals surface area contributed by atoms with Gasteiger partial charge in [0.15, 0.2) is 24.5 Å². The molecule has 1 aromatic carbocycles. The number of anilines is 2. The van der Waals surface area contributed by atoms with E-state index < -0.39 is 18.0 Å². The van der Waals surface area contributed by atoms with Crippen molar-refractivity contribution in [2.24, 2.45) is 5.92 Å². The van der Waals surface area contributed by atoms with Gasteiger partial charge >= 0.3 is 11.9 Å². The second-order valence-electron chi connectivity index (χ2n) is 10.4. The van der Waals surface area contributed by atoms with Gasteiger partial charge in [-0.05, 0) is 31.2 Å². The Morgan fingerprint density at radius 2 is 1.95 bits per heavy atom. The van der Waals surface area contributed by atoms with Crippen molar-refractivity contribution in [2.75, 3.05) is 50.5 Å². The van der Waals surface area contributed by atoms with E-state index in [-0.39, 0.29) is 43.5 Å². The fraction of sp³-hybridized carbons (Fsp3) is 0.414. The molecule has 224 valence electrons. The lowest BCUT2D eigenvalue weighted by Crippen LogP contribution is -3.00. The maximum Gasteiger partial charge on any atom is 0.338 e. The second kappa shape index (κ2) is 13.7. The van der Waals surface area contributed by atoms with Crippen LogP contribution < -0.4 is 27.8 Å². The monoisotopic (exact) mass is 599 g/mol. The molecule has 3 fully saturated rings.